The number of carbonyl (C=O) groups excluding carboxylic acids is 1. The van der Waals surface area contributed by atoms with Crippen molar-refractivity contribution in [1.82, 2.24) is 0 Å². The normalized spacial score (nSPS) is 23.9. The van der Waals surface area contributed by atoms with Crippen LogP contribution in [0.25, 0.3) is 0 Å². The fraction of sp³-hybridized carbons (Fsp3) is 0.792. The lowest BCUT2D eigenvalue weighted by Crippen LogP contribution is -2.21. The van der Waals surface area contributed by atoms with Crippen molar-refractivity contribution in [3.63, 3.8) is 0 Å². The summed E-state index contributed by atoms with van der Waals surface area (Å²) >= 11 is 8.12. The van der Waals surface area contributed by atoms with Crippen molar-refractivity contribution >= 4 is 28.9 Å². The number of rotatable bonds is 14. The Kier molecular flexibility index (Phi) is 11.7. The third-order valence-electron chi connectivity index (χ3n) is 6.09. The van der Waals surface area contributed by atoms with Crippen LogP contribution in [0.4, 0.5) is 0 Å². The Morgan fingerprint density at radius 2 is 1.77 bits per heavy atom. The van der Waals surface area contributed by atoms with E-state index in [4.69, 9.17) is 21.4 Å². The van der Waals surface area contributed by atoms with E-state index in [1.54, 1.807) is 0 Å². The Morgan fingerprint density at radius 1 is 1.10 bits per heavy atom. The average molecular weight is 459 g/mol. The van der Waals surface area contributed by atoms with E-state index < -0.39 is 0 Å². The largest absolute Gasteiger partial charge is 0.459 e. The van der Waals surface area contributed by atoms with Crippen LogP contribution in [-0.2, 0) is 11.2 Å². The fourth-order valence-corrected chi connectivity index (χ4v) is 5.97. The number of aliphatic hydroxyl groups is 2. The summed E-state index contributed by atoms with van der Waals surface area (Å²) in [6, 6.07) is 3.88. The van der Waals surface area contributed by atoms with E-state index in [-0.39, 0.29) is 23.6 Å². The molecule has 0 amide bonds. The van der Waals surface area contributed by atoms with E-state index in [0.717, 1.165) is 44.9 Å². The van der Waals surface area contributed by atoms with Gasteiger partial charge in [0, 0.05) is 16.9 Å². The minimum atomic E-state index is -0.272. The molecular weight excluding hydrogens is 420 g/mol. The Balaban J connectivity index is 1.73. The number of esters is 1. The standard InChI is InChI=1S/C24H39ClO4S/c1-17(2)29-24(28)23-14-13-18(30-23)10-9-12-19-20(22(27)16-21(19)25)11-7-5-3-4-6-8-15-26/h13-14,17,19-22,26-27H,3-12,15-16H2,1-2H3/t19-,20-,21-,22-/m1/s1. The molecule has 30 heavy (non-hydrogen) atoms. The number of aryl methyl sites for hydroxylation is 1. The van der Waals surface area contributed by atoms with Gasteiger partial charge in [0.25, 0.3) is 0 Å². The number of alkyl halides is 1. The number of halogens is 1. The van der Waals surface area contributed by atoms with Crippen LogP contribution in [0.15, 0.2) is 12.1 Å². The lowest BCUT2D eigenvalue weighted by Gasteiger charge is -2.23. The molecule has 1 aromatic heterocycles. The highest BCUT2D eigenvalue weighted by Gasteiger charge is 2.40. The maximum Gasteiger partial charge on any atom is 0.348 e. The zero-order valence-electron chi connectivity index (χ0n) is 18.5. The van der Waals surface area contributed by atoms with E-state index in [1.165, 1.54) is 35.5 Å². The third kappa shape index (κ3) is 8.49. The molecule has 2 rings (SSSR count). The molecule has 0 aromatic carbocycles. The molecule has 4 nitrogen and oxygen atoms in total. The van der Waals surface area contributed by atoms with Crippen LogP contribution in [0.2, 0.25) is 0 Å². The van der Waals surface area contributed by atoms with Gasteiger partial charge < -0.3 is 14.9 Å². The number of unbranched alkanes of at least 4 members (excludes halogenated alkanes) is 5. The molecule has 1 fully saturated rings. The summed E-state index contributed by atoms with van der Waals surface area (Å²) in [5, 5.41) is 19.4. The molecule has 1 aliphatic carbocycles. The Hall–Kier alpha value is -0.620. The minimum Gasteiger partial charge on any atom is -0.459 e. The van der Waals surface area contributed by atoms with E-state index >= 15 is 0 Å². The third-order valence-corrected chi connectivity index (χ3v) is 7.71. The van der Waals surface area contributed by atoms with Gasteiger partial charge in [0.15, 0.2) is 0 Å². The number of carbonyl (C=O) groups is 1. The van der Waals surface area contributed by atoms with Gasteiger partial charge in [-0.25, -0.2) is 4.79 Å². The van der Waals surface area contributed by atoms with Crippen LogP contribution >= 0.6 is 22.9 Å². The summed E-state index contributed by atoms with van der Waals surface area (Å²) in [4.78, 5) is 13.9. The molecule has 0 unspecified atom stereocenters. The quantitative estimate of drug-likeness (QED) is 0.205. The van der Waals surface area contributed by atoms with Crippen molar-refractivity contribution in [3.8, 4) is 0 Å². The molecule has 6 heteroatoms. The van der Waals surface area contributed by atoms with E-state index in [2.05, 4.69) is 0 Å². The highest BCUT2D eigenvalue weighted by atomic mass is 35.5. The van der Waals surface area contributed by atoms with E-state index in [0.29, 0.717) is 29.7 Å². The van der Waals surface area contributed by atoms with Gasteiger partial charge in [-0.05, 0) is 76.3 Å². The maximum absolute atomic E-state index is 12.0. The topological polar surface area (TPSA) is 66.8 Å². The maximum atomic E-state index is 12.0. The fourth-order valence-electron chi connectivity index (χ4n) is 4.54. The van der Waals surface area contributed by atoms with Gasteiger partial charge in [0.2, 0.25) is 0 Å². The summed E-state index contributed by atoms with van der Waals surface area (Å²) in [7, 11) is 0. The molecule has 0 aliphatic heterocycles. The van der Waals surface area contributed by atoms with Crippen LogP contribution in [0.3, 0.4) is 0 Å². The molecule has 0 spiro atoms. The molecule has 4 atom stereocenters. The SMILES string of the molecule is CC(C)OC(=O)c1ccc(CCC[C@@H]2[C@@H](CCCCCCCCO)[C@H](O)C[C@H]2Cl)s1. The van der Waals surface area contributed by atoms with Gasteiger partial charge in [-0.15, -0.1) is 22.9 Å². The lowest BCUT2D eigenvalue weighted by atomic mass is 9.85. The van der Waals surface area contributed by atoms with Gasteiger partial charge in [-0.1, -0.05) is 32.1 Å². The monoisotopic (exact) mass is 458 g/mol. The molecular formula is C24H39ClO4S. The van der Waals surface area contributed by atoms with Crippen molar-refractivity contribution in [2.24, 2.45) is 11.8 Å². The number of hydrogen-bond acceptors (Lipinski definition) is 5. The molecule has 0 radical (unpaired) electrons. The van der Waals surface area contributed by atoms with Crippen molar-refractivity contribution in [1.29, 1.82) is 0 Å². The van der Waals surface area contributed by atoms with Crippen molar-refractivity contribution < 1.29 is 19.7 Å². The molecule has 1 aliphatic rings. The number of ether oxygens (including phenoxy) is 1. The van der Waals surface area contributed by atoms with Crippen molar-refractivity contribution in [3.05, 3.63) is 21.9 Å². The first-order valence-electron chi connectivity index (χ1n) is 11.6. The summed E-state index contributed by atoms with van der Waals surface area (Å²) in [6.45, 7) is 4.01. The second kappa shape index (κ2) is 13.7. The molecule has 172 valence electrons. The molecule has 0 saturated heterocycles. The van der Waals surface area contributed by atoms with Crippen LogP contribution < -0.4 is 0 Å². The summed E-state index contributed by atoms with van der Waals surface area (Å²) in [5.41, 5.74) is 0. The molecule has 0 bridgehead atoms. The highest BCUT2D eigenvalue weighted by Crippen LogP contribution is 2.42. The van der Waals surface area contributed by atoms with Gasteiger partial charge in [-0.2, -0.15) is 0 Å². The zero-order chi connectivity index (χ0) is 21.9. The summed E-state index contributed by atoms with van der Waals surface area (Å²) < 4.78 is 5.26. The lowest BCUT2D eigenvalue weighted by molar-refractivity contribution is 0.0384. The highest BCUT2D eigenvalue weighted by molar-refractivity contribution is 7.13. The van der Waals surface area contributed by atoms with Crippen LogP contribution in [0.1, 0.15) is 92.6 Å². The number of aliphatic hydroxyl groups excluding tert-OH is 2. The molecule has 1 saturated carbocycles. The van der Waals surface area contributed by atoms with Crippen LogP contribution in [0, 0.1) is 11.8 Å². The number of hydrogen-bond donors (Lipinski definition) is 2. The van der Waals surface area contributed by atoms with Gasteiger partial charge in [-0.3, -0.25) is 0 Å². The smallest absolute Gasteiger partial charge is 0.348 e. The van der Waals surface area contributed by atoms with Gasteiger partial charge >= 0.3 is 5.97 Å². The van der Waals surface area contributed by atoms with Crippen molar-refractivity contribution in [2.45, 2.75) is 102 Å². The Morgan fingerprint density at radius 3 is 2.47 bits per heavy atom. The minimum absolute atomic E-state index is 0.0643. The second-order valence-electron chi connectivity index (χ2n) is 8.89. The van der Waals surface area contributed by atoms with E-state index in [1.807, 2.05) is 26.0 Å². The number of thiophene rings is 1. The van der Waals surface area contributed by atoms with Crippen molar-refractivity contribution in [2.75, 3.05) is 6.61 Å². The predicted molar refractivity (Wildman–Crippen MR) is 124 cm³/mol. The molecule has 1 aromatic rings. The summed E-state index contributed by atoms with van der Waals surface area (Å²) in [6.07, 6.45) is 11.1. The van der Waals surface area contributed by atoms with Gasteiger partial charge in [0.05, 0.1) is 12.2 Å². The predicted octanol–water partition coefficient (Wildman–Crippen LogP) is 5.96. The van der Waals surface area contributed by atoms with Crippen LogP contribution in [0.5, 0.6) is 0 Å². The second-order valence-corrected chi connectivity index (χ2v) is 10.6. The first kappa shape index (κ1) is 25.6. The Bertz CT molecular complexity index is 618. The molecule has 1 heterocycles. The zero-order valence-corrected chi connectivity index (χ0v) is 20.1. The first-order chi connectivity index (χ1) is 14.4. The molecule has 2 N–H and O–H groups in total. The van der Waals surface area contributed by atoms with E-state index in [9.17, 15) is 9.90 Å². The van der Waals surface area contributed by atoms with Gasteiger partial charge in [0.1, 0.15) is 4.88 Å². The van der Waals surface area contributed by atoms with Crippen LogP contribution in [-0.4, -0.2) is 40.4 Å². The Labute approximate surface area is 191 Å². The summed E-state index contributed by atoms with van der Waals surface area (Å²) in [5.74, 6) is 0.448. The first-order valence-corrected chi connectivity index (χ1v) is 12.9. The average Bonchev–Trinajstić information content (AvgIpc) is 3.26.